The highest BCUT2D eigenvalue weighted by atomic mass is 79.9. The van der Waals surface area contributed by atoms with Gasteiger partial charge in [0, 0.05) is 34.8 Å². The second-order valence-electron chi connectivity index (χ2n) is 3.92. The van der Waals surface area contributed by atoms with Crippen LogP contribution in [0.1, 0.15) is 12.0 Å². The molecular formula is C14H9BrO4. The quantitative estimate of drug-likeness (QED) is 0.460. The Balaban J connectivity index is 2.21. The fourth-order valence-corrected chi connectivity index (χ4v) is 2.06. The van der Waals surface area contributed by atoms with E-state index in [1.54, 1.807) is 12.1 Å². The van der Waals surface area contributed by atoms with Gasteiger partial charge in [0.05, 0.1) is 0 Å². The number of halogens is 1. The van der Waals surface area contributed by atoms with Crippen LogP contribution in [0.3, 0.4) is 0 Å². The van der Waals surface area contributed by atoms with Gasteiger partial charge in [-0.2, -0.15) is 0 Å². The van der Waals surface area contributed by atoms with E-state index in [9.17, 15) is 4.79 Å². The van der Waals surface area contributed by atoms with E-state index in [4.69, 9.17) is 13.9 Å². The smallest absolute Gasteiger partial charge is 0.337 e. The monoisotopic (exact) mass is 320 g/mol. The molecule has 0 spiro atoms. The molecule has 4 nitrogen and oxygen atoms in total. The highest BCUT2D eigenvalue weighted by molar-refractivity contribution is 9.09. The fraction of sp³-hybridized carbons (Fsp3) is 0.214. The molecule has 3 rings (SSSR count). The first kappa shape index (κ1) is 12.1. The van der Waals surface area contributed by atoms with Gasteiger partial charge in [-0.25, -0.2) is 4.79 Å². The average Bonchev–Trinajstić information content (AvgIpc) is 2.83. The molecule has 2 aromatic rings. The van der Waals surface area contributed by atoms with Crippen molar-refractivity contribution in [1.82, 2.24) is 0 Å². The number of benzene rings is 1. The van der Waals surface area contributed by atoms with Crippen LogP contribution in [0.5, 0.6) is 11.5 Å². The second-order valence-corrected chi connectivity index (χ2v) is 4.71. The fourth-order valence-electron chi connectivity index (χ4n) is 1.86. The molecule has 96 valence electrons. The van der Waals surface area contributed by atoms with Crippen molar-refractivity contribution in [3.8, 4) is 23.3 Å². The van der Waals surface area contributed by atoms with Gasteiger partial charge in [0.1, 0.15) is 5.58 Å². The Morgan fingerprint density at radius 2 is 2.00 bits per heavy atom. The second kappa shape index (κ2) is 4.98. The molecule has 0 aliphatic carbocycles. The lowest BCUT2D eigenvalue weighted by molar-refractivity contribution is 0.174. The van der Waals surface area contributed by atoms with Gasteiger partial charge < -0.3 is 13.9 Å². The summed E-state index contributed by atoms with van der Waals surface area (Å²) in [4.78, 5) is 11.5. The molecular weight excluding hydrogens is 312 g/mol. The van der Waals surface area contributed by atoms with Crippen LogP contribution >= 0.6 is 15.9 Å². The highest BCUT2D eigenvalue weighted by Gasteiger charge is 2.16. The van der Waals surface area contributed by atoms with Crippen molar-refractivity contribution in [3.05, 3.63) is 34.2 Å². The molecule has 0 atom stereocenters. The van der Waals surface area contributed by atoms with Gasteiger partial charge in [-0.3, -0.25) is 0 Å². The zero-order valence-corrected chi connectivity index (χ0v) is 11.5. The molecule has 0 saturated carbocycles. The molecule has 1 aromatic heterocycles. The van der Waals surface area contributed by atoms with E-state index in [1.807, 2.05) is 0 Å². The lowest BCUT2D eigenvalue weighted by atomic mass is 10.1. The molecule has 0 saturated heterocycles. The van der Waals surface area contributed by atoms with Crippen molar-refractivity contribution in [2.75, 3.05) is 12.1 Å². The summed E-state index contributed by atoms with van der Waals surface area (Å²) in [5.41, 5.74) is 0.680. The molecule has 0 unspecified atom stereocenters. The average molecular weight is 321 g/mol. The number of fused-ring (bicyclic) bond motifs is 2. The van der Waals surface area contributed by atoms with E-state index >= 15 is 0 Å². The van der Waals surface area contributed by atoms with Crippen LogP contribution in [-0.4, -0.2) is 12.1 Å². The van der Waals surface area contributed by atoms with Crippen LogP contribution < -0.4 is 15.1 Å². The Morgan fingerprint density at radius 1 is 1.21 bits per heavy atom. The normalized spacial score (nSPS) is 12.3. The van der Waals surface area contributed by atoms with Gasteiger partial charge in [0.25, 0.3) is 0 Å². The van der Waals surface area contributed by atoms with E-state index in [0.29, 0.717) is 29.1 Å². The van der Waals surface area contributed by atoms with E-state index in [-0.39, 0.29) is 6.79 Å². The SMILES string of the molecule is O=c1cc(C#CCCBr)c2cc3c(cc2o1)OCO3. The Kier molecular flexibility index (Phi) is 3.18. The largest absolute Gasteiger partial charge is 0.454 e. The molecule has 5 heteroatoms. The van der Waals surface area contributed by atoms with Crippen molar-refractivity contribution >= 4 is 26.9 Å². The Morgan fingerprint density at radius 3 is 2.79 bits per heavy atom. The predicted molar refractivity (Wildman–Crippen MR) is 73.9 cm³/mol. The molecule has 0 fully saturated rings. The Labute approximate surface area is 117 Å². The third-order valence-corrected chi connectivity index (χ3v) is 3.08. The van der Waals surface area contributed by atoms with Crippen molar-refractivity contribution in [3.63, 3.8) is 0 Å². The van der Waals surface area contributed by atoms with Crippen molar-refractivity contribution in [1.29, 1.82) is 0 Å². The van der Waals surface area contributed by atoms with Crippen LogP contribution in [0, 0.1) is 11.8 Å². The number of rotatable bonds is 1. The van der Waals surface area contributed by atoms with Crippen LogP contribution in [0.15, 0.2) is 27.4 Å². The minimum Gasteiger partial charge on any atom is -0.454 e. The minimum atomic E-state index is -0.422. The van der Waals surface area contributed by atoms with Gasteiger partial charge >= 0.3 is 5.63 Å². The Bertz CT molecular complexity index is 752. The summed E-state index contributed by atoms with van der Waals surface area (Å²) in [7, 11) is 0. The first-order valence-corrected chi connectivity index (χ1v) is 6.82. The van der Waals surface area contributed by atoms with Crippen molar-refractivity contribution < 1.29 is 13.9 Å². The topological polar surface area (TPSA) is 48.7 Å². The summed E-state index contributed by atoms with van der Waals surface area (Å²) in [5.74, 6) is 7.20. The summed E-state index contributed by atoms with van der Waals surface area (Å²) >= 11 is 3.31. The summed E-state index contributed by atoms with van der Waals surface area (Å²) in [6, 6.07) is 4.85. The maximum atomic E-state index is 11.5. The molecule has 0 N–H and O–H groups in total. The minimum absolute atomic E-state index is 0.181. The van der Waals surface area contributed by atoms with Crippen LogP contribution in [-0.2, 0) is 0 Å². The third kappa shape index (κ3) is 2.32. The number of hydrogen-bond donors (Lipinski definition) is 0. The molecule has 19 heavy (non-hydrogen) atoms. The number of alkyl halides is 1. The standard InChI is InChI=1S/C14H9BrO4/c15-4-2-1-3-9-5-14(16)19-11-7-13-12(6-10(9)11)17-8-18-13/h5-7H,2,4,8H2. The molecule has 0 bridgehead atoms. The third-order valence-electron chi connectivity index (χ3n) is 2.68. The van der Waals surface area contributed by atoms with E-state index < -0.39 is 5.63 Å². The van der Waals surface area contributed by atoms with Crippen LogP contribution in [0.2, 0.25) is 0 Å². The lowest BCUT2D eigenvalue weighted by Gasteiger charge is -2.01. The van der Waals surface area contributed by atoms with E-state index in [1.165, 1.54) is 6.07 Å². The van der Waals surface area contributed by atoms with Crippen LogP contribution in [0.25, 0.3) is 11.0 Å². The van der Waals surface area contributed by atoms with Crippen molar-refractivity contribution in [2.24, 2.45) is 0 Å². The van der Waals surface area contributed by atoms with Gasteiger partial charge in [-0.05, 0) is 6.07 Å². The van der Waals surface area contributed by atoms with Gasteiger partial charge in [-0.1, -0.05) is 27.8 Å². The molecule has 1 aliphatic rings. The highest BCUT2D eigenvalue weighted by Crippen LogP contribution is 2.36. The molecule has 1 aromatic carbocycles. The maximum Gasteiger partial charge on any atom is 0.337 e. The van der Waals surface area contributed by atoms with Crippen molar-refractivity contribution in [2.45, 2.75) is 6.42 Å². The summed E-state index contributed by atoms with van der Waals surface area (Å²) in [5, 5.41) is 1.55. The van der Waals surface area contributed by atoms with Gasteiger partial charge in [0.15, 0.2) is 11.5 Å². The number of hydrogen-bond acceptors (Lipinski definition) is 4. The maximum absolute atomic E-state index is 11.5. The Hall–Kier alpha value is -1.93. The molecule has 2 heterocycles. The summed E-state index contributed by atoms with van der Waals surface area (Å²) < 4.78 is 15.7. The summed E-state index contributed by atoms with van der Waals surface area (Å²) in [6.45, 7) is 0.181. The molecule has 0 radical (unpaired) electrons. The first-order valence-electron chi connectivity index (χ1n) is 5.70. The lowest BCUT2D eigenvalue weighted by Crippen LogP contribution is -1.98. The zero-order chi connectivity index (χ0) is 13.2. The predicted octanol–water partition coefficient (Wildman–Crippen LogP) is 2.66. The van der Waals surface area contributed by atoms with Crippen LogP contribution in [0.4, 0.5) is 0 Å². The number of ether oxygens (including phenoxy) is 2. The molecule has 0 amide bonds. The van der Waals surface area contributed by atoms with Gasteiger partial charge in [-0.15, -0.1) is 0 Å². The zero-order valence-electron chi connectivity index (χ0n) is 9.86. The molecule has 1 aliphatic heterocycles. The van der Waals surface area contributed by atoms with E-state index in [0.717, 1.165) is 10.7 Å². The first-order chi connectivity index (χ1) is 9.28. The summed E-state index contributed by atoms with van der Waals surface area (Å²) in [6.07, 6.45) is 0.715. The van der Waals surface area contributed by atoms with E-state index in [2.05, 4.69) is 27.8 Å². The van der Waals surface area contributed by atoms with Gasteiger partial charge in [0.2, 0.25) is 6.79 Å².